The molecule has 2 aromatic rings. The van der Waals surface area contributed by atoms with Crippen LogP contribution in [0.1, 0.15) is 55.4 Å². The molecule has 2 atom stereocenters. The molecular formula is C17H23N3O4. The average Bonchev–Trinajstić information content (AvgIpc) is 3.26. The van der Waals surface area contributed by atoms with Crippen LogP contribution >= 0.6 is 0 Å². The molecule has 0 aromatic carbocycles. The molecule has 24 heavy (non-hydrogen) atoms. The van der Waals surface area contributed by atoms with Gasteiger partial charge in [0.1, 0.15) is 0 Å². The van der Waals surface area contributed by atoms with Crippen LogP contribution < -0.4 is 5.32 Å². The molecule has 0 radical (unpaired) electrons. The Labute approximate surface area is 140 Å². The molecule has 2 aromatic heterocycles. The van der Waals surface area contributed by atoms with Gasteiger partial charge in [0.05, 0.1) is 18.3 Å². The van der Waals surface area contributed by atoms with E-state index in [1.54, 1.807) is 12.1 Å². The number of furan rings is 1. The molecule has 130 valence electrons. The third-order valence-corrected chi connectivity index (χ3v) is 4.11. The van der Waals surface area contributed by atoms with Gasteiger partial charge in [-0.3, -0.25) is 4.79 Å². The summed E-state index contributed by atoms with van der Waals surface area (Å²) in [6.07, 6.45) is 2.91. The maximum absolute atomic E-state index is 11.8. The molecule has 3 heterocycles. The summed E-state index contributed by atoms with van der Waals surface area (Å²) < 4.78 is 16.7. The zero-order chi connectivity index (χ0) is 17.2. The Kier molecular flexibility index (Phi) is 4.71. The number of aromatic nitrogens is 2. The summed E-state index contributed by atoms with van der Waals surface area (Å²) in [6.45, 7) is 7.57. The molecule has 0 bridgehead atoms. The minimum Gasteiger partial charge on any atom is -0.459 e. The summed E-state index contributed by atoms with van der Waals surface area (Å²) in [7, 11) is 0. The lowest BCUT2D eigenvalue weighted by atomic mass is 9.81. The van der Waals surface area contributed by atoms with E-state index < -0.39 is 0 Å². The van der Waals surface area contributed by atoms with Gasteiger partial charge >= 0.3 is 0 Å². The predicted molar refractivity (Wildman–Crippen MR) is 85.6 cm³/mol. The molecule has 1 aliphatic heterocycles. The van der Waals surface area contributed by atoms with Crippen LogP contribution in [0.3, 0.4) is 0 Å². The molecule has 7 heteroatoms. The van der Waals surface area contributed by atoms with Gasteiger partial charge in [-0.05, 0) is 24.0 Å². The topological polar surface area (TPSA) is 90.4 Å². The van der Waals surface area contributed by atoms with Crippen molar-refractivity contribution in [3.63, 3.8) is 0 Å². The molecule has 1 amide bonds. The van der Waals surface area contributed by atoms with E-state index >= 15 is 0 Å². The molecule has 0 aliphatic carbocycles. The average molecular weight is 333 g/mol. The van der Waals surface area contributed by atoms with E-state index in [-0.39, 0.29) is 29.1 Å². The van der Waals surface area contributed by atoms with Crippen LogP contribution in [0.2, 0.25) is 0 Å². The molecule has 1 saturated heterocycles. The van der Waals surface area contributed by atoms with E-state index in [2.05, 4.69) is 36.3 Å². The van der Waals surface area contributed by atoms with Crippen LogP contribution in [-0.4, -0.2) is 35.4 Å². The fourth-order valence-electron chi connectivity index (χ4n) is 2.99. The molecule has 1 fully saturated rings. The van der Waals surface area contributed by atoms with Gasteiger partial charge < -0.3 is 18.9 Å². The lowest BCUT2D eigenvalue weighted by molar-refractivity contribution is 0.0170. The lowest BCUT2D eigenvalue weighted by Gasteiger charge is -2.29. The summed E-state index contributed by atoms with van der Waals surface area (Å²) in [5, 5.41) is 11.0. The van der Waals surface area contributed by atoms with Crippen molar-refractivity contribution < 1.29 is 18.4 Å². The minimum absolute atomic E-state index is 0.0207. The second kappa shape index (κ2) is 6.76. The maximum Gasteiger partial charge on any atom is 0.286 e. The molecule has 0 unspecified atom stereocenters. The molecule has 7 nitrogen and oxygen atoms in total. The first-order valence-corrected chi connectivity index (χ1v) is 8.21. The molecule has 3 rings (SSSR count). The quantitative estimate of drug-likeness (QED) is 0.904. The highest BCUT2D eigenvalue weighted by molar-refractivity contribution is 5.91. The molecule has 0 saturated carbocycles. The van der Waals surface area contributed by atoms with Crippen LogP contribution in [0.15, 0.2) is 27.2 Å². The van der Waals surface area contributed by atoms with Crippen LogP contribution in [0, 0.1) is 5.41 Å². The van der Waals surface area contributed by atoms with Gasteiger partial charge in [0.25, 0.3) is 5.91 Å². The predicted octanol–water partition coefficient (Wildman–Crippen LogP) is 2.55. The highest BCUT2D eigenvalue weighted by Crippen LogP contribution is 2.40. The number of carbonyl (C=O) groups is 1. The molecule has 0 spiro atoms. The lowest BCUT2D eigenvalue weighted by Crippen LogP contribution is -2.30. The number of rotatable bonds is 5. The first-order chi connectivity index (χ1) is 11.4. The number of nitrogens with zero attached hydrogens (tertiary/aromatic N) is 2. The Morgan fingerprint density at radius 1 is 1.38 bits per heavy atom. The standard InChI is InChI=1S/C17H23N3O4/c1-17(2,3)14-11(7-10-23-14)16-20-19-13(24-16)6-8-18-15(21)12-5-4-9-22-12/h4-5,9,11,14H,6-8,10H2,1-3H3,(H,18,21)/t11-,14-/m0/s1. The number of hydrogen-bond acceptors (Lipinski definition) is 6. The van der Waals surface area contributed by atoms with Crippen LogP contribution in [0.5, 0.6) is 0 Å². The van der Waals surface area contributed by atoms with Gasteiger partial charge in [-0.2, -0.15) is 0 Å². The van der Waals surface area contributed by atoms with Gasteiger partial charge in [-0.15, -0.1) is 10.2 Å². The largest absolute Gasteiger partial charge is 0.459 e. The Hall–Kier alpha value is -2.15. The van der Waals surface area contributed by atoms with Gasteiger partial charge in [0.15, 0.2) is 5.76 Å². The van der Waals surface area contributed by atoms with Crippen molar-refractivity contribution in [3.05, 3.63) is 35.9 Å². The summed E-state index contributed by atoms with van der Waals surface area (Å²) >= 11 is 0. The van der Waals surface area contributed by atoms with Crippen molar-refractivity contribution in [1.82, 2.24) is 15.5 Å². The Morgan fingerprint density at radius 3 is 2.92 bits per heavy atom. The van der Waals surface area contributed by atoms with Gasteiger partial charge in [0, 0.05) is 19.6 Å². The molecule has 1 aliphatic rings. The highest BCUT2D eigenvalue weighted by atomic mass is 16.5. The van der Waals surface area contributed by atoms with E-state index in [0.717, 1.165) is 6.42 Å². The number of amides is 1. The zero-order valence-electron chi connectivity index (χ0n) is 14.2. The van der Waals surface area contributed by atoms with Crippen molar-refractivity contribution in [3.8, 4) is 0 Å². The summed E-state index contributed by atoms with van der Waals surface area (Å²) in [5.74, 6) is 1.31. The number of ether oxygens (including phenoxy) is 1. The van der Waals surface area contributed by atoms with Gasteiger partial charge in [-0.25, -0.2) is 0 Å². The number of carbonyl (C=O) groups excluding carboxylic acids is 1. The number of nitrogens with one attached hydrogen (secondary N) is 1. The van der Waals surface area contributed by atoms with Gasteiger partial charge in [0.2, 0.25) is 11.8 Å². The Bertz CT molecular complexity index is 672. The van der Waals surface area contributed by atoms with E-state index in [1.807, 2.05) is 0 Å². The summed E-state index contributed by atoms with van der Waals surface area (Å²) in [5.41, 5.74) is 0.0207. The van der Waals surface area contributed by atoms with Crippen molar-refractivity contribution in [1.29, 1.82) is 0 Å². The first kappa shape index (κ1) is 16.7. The van der Waals surface area contributed by atoms with Crippen molar-refractivity contribution in [2.75, 3.05) is 13.2 Å². The van der Waals surface area contributed by atoms with Crippen LogP contribution in [-0.2, 0) is 11.2 Å². The van der Waals surface area contributed by atoms with Crippen molar-refractivity contribution in [2.24, 2.45) is 5.41 Å². The third-order valence-electron chi connectivity index (χ3n) is 4.11. The van der Waals surface area contributed by atoms with Crippen molar-refractivity contribution >= 4 is 5.91 Å². The van der Waals surface area contributed by atoms with Crippen LogP contribution in [0.4, 0.5) is 0 Å². The first-order valence-electron chi connectivity index (χ1n) is 8.21. The third kappa shape index (κ3) is 3.67. The van der Waals surface area contributed by atoms with E-state index in [4.69, 9.17) is 13.6 Å². The van der Waals surface area contributed by atoms with Crippen LogP contribution in [0.25, 0.3) is 0 Å². The fraction of sp³-hybridized carbons (Fsp3) is 0.588. The highest BCUT2D eigenvalue weighted by Gasteiger charge is 2.41. The fourth-order valence-corrected chi connectivity index (χ4v) is 2.99. The maximum atomic E-state index is 11.8. The summed E-state index contributed by atoms with van der Waals surface area (Å²) in [6, 6.07) is 3.29. The number of hydrogen-bond donors (Lipinski definition) is 1. The normalized spacial score (nSPS) is 21.1. The van der Waals surface area contributed by atoms with Crippen molar-refractivity contribution in [2.45, 2.75) is 45.6 Å². The zero-order valence-corrected chi connectivity index (χ0v) is 14.2. The smallest absolute Gasteiger partial charge is 0.286 e. The van der Waals surface area contributed by atoms with E-state index in [0.29, 0.717) is 31.4 Å². The minimum atomic E-state index is -0.253. The SMILES string of the molecule is CC(C)(C)[C@H]1OCC[C@@H]1c1nnc(CCNC(=O)c2ccco2)o1. The van der Waals surface area contributed by atoms with Gasteiger partial charge in [-0.1, -0.05) is 20.8 Å². The molecular weight excluding hydrogens is 310 g/mol. The van der Waals surface area contributed by atoms with E-state index in [1.165, 1.54) is 6.26 Å². The Morgan fingerprint density at radius 2 is 2.21 bits per heavy atom. The summed E-state index contributed by atoms with van der Waals surface area (Å²) in [4.78, 5) is 11.8. The molecule has 1 N–H and O–H groups in total. The second-order valence-electron chi connectivity index (χ2n) is 7.07. The second-order valence-corrected chi connectivity index (χ2v) is 7.07. The van der Waals surface area contributed by atoms with E-state index in [9.17, 15) is 4.79 Å². The Balaban J connectivity index is 1.55. The monoisotopic (exact) mass is 333 g/mol.